The molecule has 0 saturated carbocycles. The van der Waals surface area contributed by atoms with Crippen LogP contribution in [0.15, 0.2) is 0 Å². The first kappa shape index (κ1) is 11.4. The van der Waals surface area contributed by atoms with Crippen molar-refractivity contribution in [3.63, 3.8) is 0 Å². The van der Waals surface area contributed by atoms with Crippen molar-refractivity contribution in [2.45, 2.75) is 44.2 Å². The first-order valence-corrected chi connectivity index (χ1v) is 6.37. The Balaban J connectivity index is 2.07. The van der Waals surface area contributed by atoms with Crippen molar-refractivity contribution in [1.82, 2.24) is 9.80 Å². The Bertz CT molecular complexity index is 219. The van der Waals surface area contributed by atoms with Crippen LogP contribution in [0.1, 0.15) is 32.6 Å². The van der Waals surface area contributed by atoms with Gasteiger partial charge in [-0.05, 0) is 45.8 Å². The summed E-state index contributed by atoms with van der Waals surface area (Å²) in [5.41, 5.74) is 6.33. The van der Waals surface area contributed by atoms with Gasteiger partial charge in [-0.15, -0.1) is 0 Å². The van der Waals surface area contributed by atoms with Crippen LogP contribution in [-0.2, 0) is 0 Å². The third-order valence-electron chi connectivity index (χ3n) is 4.64. The molecular formula is C12H25N3. The lowest BCUT2D eigenvalue weighted by Gasteiger charge is -2.48. The van der Waals surface area contributed by atoms with Gasteiger partial charge in [0.1, 0.15) is 0 Å². The van der Waals surface area contributed by atoms with E-state index in [1.807, 2.05) is 0 Å². The zero-order chi connectivity index (χ0) is 10.9. The third kappa shape index (κ3) is 1.93. The van der Waals surface area contributed by atoms with Gasteiger partial charge in [-0.3, -0.25) is 4.90 Å². The highest BCUT2D eigenvalue weighted by Crippen LogP contribution is 2.35. The van der Waals surface area contributed by atoms with Crippen LogP contribution in [-0.4, -0.2) is 54.6 Å². The van der Waals surface area contributed by atoms with E-state index in [4.69, 9.17) is 5.73 Å². The SMILES string of the molecule is CCN(C)C1(CN)CCN2CCCC2C1. The number of likely N-dealkylation sites (N-methyl/N-ethyl adjacent to an activating group) is 1. The van der Waals surface area contributed by atoms with Gasteiger partial charge in [0, 0.05) is 24.7 Å². The number of hydrogen-bond acceptors (Lipinski definition) is 3. The van der Waals surface area contributed by atoms with Crippen molar-refractivity contribution in [3.05, 3.63) is 0 Å². The average Bonchev–Trinajstić information content (AvgIpc) is 2.74. The summed E-state index contributed by atoms with van der Waals surface area (Å²) >= 11 is 0. The van der Waals surface area contributed by atoms with Gasteiger partial charge in [-0.1, -0.05) is 6.92 Å². The molecule has 2 N–H and O–H groups in total. The van der Waals surface area contributed by atoms with Gasteiger partial charge in [-0.25, -0.2) is 0 Å². The van der Waals surface area contributed by atoms with Gasteiger partial charge in [0.2, 0.25) is 0 Å². The van der Waals surface area contributed by atoms with Crippen LogP contribution < -0.4 is 5.73 Å². The Hall–Kier alpha value is -0.120. The first-order chi connectivity index (χ1) is 7.22. The van der Waals surface area contributed by atoms with E-state index >= 15 is 0 Å². The largest absolute Gasteiger partial charge is 0.329 e. The molecular weight excluding hydrogens is 186 g/mol. The Labute approximate surface area is 93.6 Å². The molecule has 0 aromatic rings. The summed E-state index contributed by atoms with van der Waals surface area (Å²) in [4.78, 5) is 5.14. The van der Waals surface area contributed by atoms with Gasteiger partial charge >= 0.3 is 0 Å². The fraction of sp³-hybridized carbons (Fsp3) is 1.00. The van der Waals surface area contributed by atoms with E-state index in [-0.39, 0.29) is 0 Å². The fourth-order valence-electron chi connectivity index (χ4n) is 3.34. The van der Waals surface area contributed by atoms with Gasteiger partial charge in [0.05, 0.1) is 0 Å². The molecule has 0 aromatic carbocycles. The molecule has 88 valence electrons. The number of nitrogens with two attached hydrogens (primary N) is 1. The zero-order valence-corrected chi connectivity index (χ0v) is 10.2. The Morgan fingerprint density at radius 1 is 1.47 bits per heavy atom. The molecule has 2 heterocycles. The molecule has 0 amide bonds. The predicted molar refractivity (Wildman–Crippen MR) is 63.9 cm³/mol. The average molecular weight is 211 g/mol. The van der Waals surface area contributed by atoms with Crippen molar-refractivity contribution in [2.75, 3.05) is 33.2 Å². The third-order valence-corrected chi connectivity index (χ3v) is 4.64. The Kier molecular flexibility index (Phi) is 3.33. The maximum Gasteiger partial charge on any atom is 0.0355 e. The minimum Gasteiger partial charge on any atom is -0.329 e. The maximum absolute atomic E-state index is 6.04. The number of nitrogens with zero attached hydrogens (tertiary/aromatic N) is 2. The monoisotopic (exact) mass is 211 g/mol. The highest BCUT2D eigenvalue weighted by Gasteiger charge is 2.42. The molecule has 2 unspecified atom stereocenters. The number of fused-ring (bicyclic) bond motifs is 1. The molecule has 0 spiro atoms. The van der Waals surface area contributed by atoms with Crippen LogP contribution in [0, 0.1) is 0 Å². The van der Waals surface area contributed by atoms with E-state index in [1.54, 1.807) is 0 Å². The highest BCUT2D eigenvalue weighted by atomic mass is 15.2. The summed E-state index contributed by atoms with van der Waals surface area (Å²) < 4.78 is 0. The van der Waals surface area contributed by atoms with E-state index in [2.05, 4.69) is 23.8 Å². The van der Waals surface area contributed by atoms with E-state index in [0.29, 0.717) is 5.54 Å². The van der Waals surface area contributed by atoms with Gasteiger partial charge < -0.3 is 10.6 Å². The Morgan fingerprint density at radius 2 is 2.27 bits per heavy atom. The lowest BCUT2D eigenvalue weighted by Crippen LogP contribution is -2.59. The molecule has 0 bridgehead atoms. The van der Waals surface area contributed by atoms with E-state index in [9.17, 15) is 0 Å². The van der Waals surface area contributed by atoms with Crippen molar-refractivity contribution < 1.29 is 0 Å². The molecule has 0 aliphatic carbocycles. The lowest BCUT2D eigenvalue weighted by atomic mass is 9.82. The minimum absolute atomic E-state index is 0.292. The molecule has 2 aliphatic heterocycles. The quantitative estimate of drug-likeness (QED) is 0.752. The second-order valence-corrected chi connectivity index (χ2v) is 5.23. The molecule has 0 radical (unpaired) electrons. The summed E-state index contributed by atoms with van der Waals surface area (Å²) in [6.45, 7) is 6.75. The normalized spacial score (nSPS) is 37.2. The second kappa shape index (κ2) is 4.40. The van der Waals surface area contributed by atoms with Gasteiger partial charge in [0.15, 0.2) is 0 Å². The smallest absolute Gasteiger partial charge is 0.0355 e. The van der Waals surface area contributed by atoms with Gasteiger partial charge in [0.25, 0.3) is 0 Å². The molecule has 2 rings (SSSR count). The second-order valence-electron chi connectivity index (χ2n) is 5.23. The van der Waals surface area contributed by atoms with Crippen LogP contribution in [0.2, 0.25) is 0 Å². The lowest BCUT2D eigenvalue weighted by molar-refractivity contribution is 0.0299. The van der Waals surface area contributed by atoms with Crippen LogP contribution >= 0.6 is 0 Å². The van der Waals surface area contributed by atoms with Crippen LogP contribution in [0.4, 0.5) is 0 Å². The van der Waals surface area contributed by atoms with Crippen molar-refractivity contribution >= 4 is 0 Å². The highest BCUT2D eigenvalue weighted by molar-refractivity contribution is 5.00. The summed E-state index contributed by atoms with van der Waals surface area (Å²) in [6, 6.07) is 0.816. The number of hydrogen-bond donors (Lipinski definition) is 1. The number of rotatable bonds is 3. The Morgan fingerprint density at radius 3 is 2.93 bits per heavy atom. The molecule has 3 nitrogen and oxygen atoms in total. The van der Waals surface area contributed by atoms with Gasteiger partial charge in [-0.2, -0.15) is 0 Å². The molecule has 2 atom stereocenters. The molecule has 3 heteroatoms. The maximum atomic E-state index is 6.04. The van der Waals surface area contributed by atoms with E-state index < -0.39 is 0 Å². The first-order valence-electron chi connectivity index (χ1n) is 6.37. The van der Waals surface area contributed by atoms with E-state index in [0.717, 1.165) is 19.1 Å². The zero-order valence-electron chi connectivity index (χ0n) is 10.2. The number of piperidine rings is 1. The van der Waals surface area contributed by atoms with Crippen LogP contribution in [0.25, 0.3) is 0 Å². The predicted octanol–water partition coefficient (Wildman–Crippen LogP) is 0.894. The summed E-state index contributed by atoms with van der Waals surface area (Å²) in [7, 11) is 2.23. The molecule has 2 aliphatic rings. The van der Waals surface area contributed by atoms with Crippen LogP contribution in [0.5, 0.6) is 0 Å². The molecule has 2 fully saturated rings. The minimum atomic E-state index is 0.292. The summed E-state index contributed by atoms with van der Waals surface area (Å²) in [5.74, 6) is 0. The van der Waals surface area contributed by atoms with Crippen molar-refractivity contribution in [1.29, 1.82) is 0 Å². The molecule has 15 heavy (non-hydrogen) atoms. The summed E-state index contributed by atoms with van der Waals surface area (Å²) in [5, 5.41) is 0. The fourth-order valence-corrected chi connectivity index (χ4v) is 3.34. The summed E-state index contributed by atoms with van der Waals surface area (Å²) in [6.07, 6.45) is 5.32. The standard InChI is InChI=1S/C12H25N3/c1-3-14(2)12(10-13)6-8-15-7-4-5-11(15)9-12/h11H,3-10,13H2,1-2H3. The van der Waals surface area contributed by atoms with E-state index in [1.165, 1.54) is 38.8 Å². The molecule has 0 aromatic heterocycles. The van der Waals surface area contributed by atoms with Crippen molar-refractivity contribution in [2.24, 2.45) is 5.73 Å². The van der Waals surface area contributed by atoms with Crippen LogP contribution in [0.3, 0.4) is 0 Å². The topological polar surface area (TPSA) is 32.5 Å². The van der Waals surface area contributed by atoms with Crippen molar-refractivity contribution in [3.8, 4) is 0 Å². The molecule has 2 saturated heterocycles.